The molecule has 1 aromatic rings. The van der Waals surface area contributed by atoms with Crippen LogP contribution in [0.1, 0.15) is 45.0 Å². The second-order valence-corrected chi connectivity index (χ2v) is 6.95. The van der Waals surface area contributed by atoms with Gasteiger partial charge < -0.3 is 14.8 Å². The number of hydrogen-bond acceptors (Lipinski definition) is 6. The smallest absolute Gasteiger partial charge is 0.341 e. The maximum atomic E-state index is 12.0. The van der Waals surface area contributed by atoms with Crippen molar-refractivity contribution < 1.29 is 14.3 Å². The number of nitrogens with zero attached hydrogens (tertiary/aromatic N) is 2. The zero-order valence-corrected chi connectivity index (χ0v) is 15.3. The van der Waals surface area contributed by atoms with Gasteiger partial charge in [-0.1, -0.05) is 0 Å². The fourth-order valence-corrected chi connectivity index (χ4v) is 3.00. The molecule has 0 spiro atoms. The van der Waals surface area contributed by atoms with E-state index >= 15 is 0 Å². The van der Waals surface area contributed by atoms with Crippen LogP contribution in [-0.2, 0) is 9.47 Å². The minimum Gasteiger partial charge on any atom is -0.462 e. The lowest BCUT2D eigenvalue weighted by atomic mass is 10.00. The number of carbonyl (C=O) groups is 1. The third kappa shape index (κ3) is 4.68. The minimum absolute atomic E-state index is 0.0875. The first-order valence-electron chi connectivity index (χ1n) is 8.60. The van der Waals surface area contributed by atoms with Gasteiger partial charge in [0.05, 0.1) is 18.8 Å². The quantitative estimate of drug-likeness (QED) is 0.806. The first-order valence-corrected chi connectivity index (χ1v) is 8.60. The van der Waals surface area contributed by atoms with Crippen LogP contribution in [0.2, 0.25) is 0 Å². The third-order valence-corrected chi connectivity index (χ3v) is 4.27. The Labute approximate surface area is 144 Å². The summed E-state index contributed by atoms with van der Waals surface area (Å²) in [7, 11) is 0. The van der Waals surface area contributed by atoms with Crippen LogP contribution >= 0.6 is 0 Å². The average molecular weight is 335 g/mol. The first-order chi connectivity index (χ1) is 11.3. The molecule has 134 valence electrons. The van der Waals surface area contributed by atoms with E-state index < -0.39 is 0 Å². The lowest BCUT2D eigenvalue weighted by Crippen LogP contribution is -2.57. The van der Waals surface area contributed by atoms with E-state index in [0.29, 0.717) is 24.5 Å². The van der Waals surface area contributed by atoms with Crippen LogP contribution in [0.5, 0.6) is 0 Å². The summed E-state index contributed by atoms with van der Waals surface area (Å²) in [5, 5.41) is 3.33. The Morgan fingerprint density at radius 2 is 2.08 bits per heavy atom. The van der Waals surface area contributed by atoms with Crippen LogP contribution in [0, 0.1) is 0 Å². The molecule has 1 aliphatic rings. The molecule has 2 heterocycles. The van der Waals surface area contributed by atoms with E-state index in [1.54, 1.807) is 25.3 Å². The van der Waals surface area contributed by atoms with Crippen molar-refractivity contribution in [1.82, 2.24) is 9.88 Å². The molecule has 1 saturated heterocycles. The van der Waals surface area contributed by atoms with Gasteiger partial charge in [0.2, 0.25) is 0 Å². The molecule has 2 rings (SSSR count). The summed E-state index contributed by atoms with van der Waals surface area (Å²) in [5.74, 6) is 0.220. The van der Waals surface area contributed by atoms with Gasteiger partial charge in [-0.05, 0) is 46.8 Å². The highest BCUT2D eigenvalue weighted by Gasteiger charge is 2.33. The second kappa shape index (κ2) is 7.94. The molecule has 6 heteroatoms. The molecule has 0 unspecified atom stereocenters. The average Bonchev–Trinajstić information content (AvgIpc) is 2.52. The van der Waals surface area contributed by atoms with Crippen molar-refractivity contribution in [2.45, 2.75) is 52.4 Å². The van der Waals surface area contributed by atoms with Gasteiger partial charge in [-0.25, -0.2) is 9.78 Å². The van der Waals surface area contributed by atoms with Gasteiger partial charge in [0.25, 0.3) is 0 Å². The van der Waals surface area contributed by atoms with Crippen molar-refractivity contribution in [3.63, 3.8) is 0 Å². The van der Waals surface area contributed by atoms with Crippen molar-refractivity contribution in [3.05, 3.63) is 23.9 Å². The minimum atomic E-state index is -0.348. The number of esters is 1. The molecule has 0 amide bonds. The number of aromatic nitrogens is 1. The van der Waals surface area contributed by atoms with Crippen molar-refractivity contribution in [2.24, 2.45) is 0 Å². The van der Waals surface area contributed by atoms with Gasteiger partial charge in [-0.3, -0.25) is 4.90 Å². The van der Waals surface area contributed by atoms with E-state index in [1.165, 1.54) is 0 Å². The largest absolute Gasteiger partial charge is 0.462 e. The predicted octanol–water partition coefficient (Wildman–Crippen LogP) is 2.56. The number of carbonyl (C=O) groups excluding carboxylic acids is 1. The SMILES string of the molecule is CCOC(=O)c1cccnc1NCC(C)(C)N1C[C@H](C)O[C@@H](C)C1. The van der Waals surface area contributed by atoms with Crippen LogP contribution in [-0.4, -0.2) is 59.8 Å². The molecular weight excluding hydrogens is 306 g/mol. The number of hydrogen-bond donors (Lipinski definition) is 1. The second-order valence-electron chi connectivity index (χ2n) is 6.95. The number of rotatable bonds is 6. The van der Waals surface area contributed by atoms with Crippen LogP contribution in [0.15, 0.2) is 18.3 Å². The Morgan fingerprint density at radius 3 is 2.71 bits per heavy atom. The third-order valence-electron chi connectivity index (χ3n) is 4.27. The fraction of sp³-hybridized carbons (Fsp3) is 0.667. The molecule has 0 radical (unpaired) electrons. The Balaban J connectivity index is 2.05. The number of ether oxygens (including phenoxy) is 2. The van der Waals surface area contributed by atoms with Crippen molar-refractivity contribution >= 4 is 11.8 Å². The summed E-state index contributed by atoms with van der Waals surface area (Å²) in [6.07, 6.45) is 2.12. The highest BCUT2D eigenvalue weighted by atomic mass is 16.5. The normalized spacial score (nSPS) is 22.2. The number of anilines is 1. The first kappa shape index (κ1) is 18.7. The molecule has 6 nitrogen and oxygen atoms in total. The van der Waals surface area contributed by atoms with E-state index in [-0.39, 0.29) is 23.7 Å². The van der Waals surface area contributed by atoms with Crippen molar-refractivity contribution in [3.8, 4) is 0 Å². The summed E-state index contributed by atoms with van der Waals surface area (Å²) in [4.78, 5) is 18.8. The van der Waals surface area contributed by atoms with E-state index in [4.69, 9.17) is 9.47 Å². The lowest BCUT2D eigenvalue weighted by Gasteiger charge is -2.45. The van der Waals surface area contributed by atoms with Crippen LogP contribution < -0.4 is 5.32 Å². The van der Waals surface area contributed by atoms with Gasteiger partial charge in [0.1, 0.15) is 11.4 Å². The maximum absolute atomic E-state index is 12.0. The molecule has 24 heavy (non-hydrogen) atoms. The van der Waals surface area contributed by atoms with Gasteiger partial charge >= 0.3 is 5.97 Å². The summed E-state index contributed by atoms with van der Waals surface area (Å²) in [5.41, 5.74) is 0.384. The molecular formula is C18H29N3O3. The molecule has 0 aromatic carbocycles. The molecule has 1 aromatic heterocycles. The highest BCUT2D eigenvalue weighted by molar-refractivity contribution is 5.94. The van der Waals surface area contributed by atoms with Gasteiger partial charge in [0.15, 0.2) is 0 Å². The summed E-state index contributed by atoms with van der Waals surface area (Å²) in [6, 6.07) is 3.48. The molecule has 1 aliphatic heterocycles. The van der Waals surface area contributed by atoms with Crippen molar-refractivity contribution in [1.29, 1.82) is 0 Å². The number of morpholine rings is 1. The van der Waals surface area contributed by atoms with Gasteiger partial charge in [-0.15, -0.1) is 0 Å². The highest BCUT2D eigenvalue weighted by Crippen LogP contribution is 2.22. The summed E-state index contributed by atoms with van der Waals surface area (Å²) < 4.78 is 10.9. The molecule has 0 aliphatic carbocycles. The molecule has 1 fully saturated rings. The van der Waals surface area contributed by atoms with Crippen LogP contribution in [0.3, 0.4) is 0 Å². The van der Waals surface area contributed by atoms with Gasteiger partial charge in [0, 0.05) is 31.4 Å². The zero-order chi connectivity index (χ0) is 17.7. The van der Waals surface area contributed by atoms with E-state index in [2.05, 4.69) is 42.9 Å². The standard InChI is InChI=1S/C18H29N3O3/c1-6-23-17(22)15-8-7-9-19-16(15)20-12-18(4,5)21-10-13(2)24-14(3)11-21/h7-9,13-14H,6,10-12H2,1-5H3,(H,19,20)/t13-,14-/m0/s1. The predicted molar refractivity (Wildman–Crippen MR) is 94.3 cm³/mol. The summed E-state index contributed by atoms with van der Waals surface area (Å²) in [6.45, 7) is 13.2. The Morgan fingerprint density at radius 1 is 1.42 bits per heavy atom. The monoisotopic (exact) mass is 335 g/mol. The number of nitrogens with one attached hydrogen (secondary N) is 1. The van der Waals surface area contributed by atoms with Crippen molar-refractivity contribution in [2.75, 3.05) is 31.6 Å². The van der Waals surface area contributed by atoms with Crippen LogP contribution in [0.25, 0.3) is 0 Å². The lowest BCUT2D eigenvalue weighted by molar-refractivity contribution is -0.0933. The molecule has 1 N–H and O–H groups in total. The number of pyridine rings is 1. The van der Waals surface area contributed by atoms with Crippen LogP contribution in [0.4, 0.5) is 5.82 Å². The Kier molecular flexibility index (Phi) is 6.18. The molecule has 0 saturated carbocycles. The Bertz CT molecular complexity index is 552. The fourth-order valence-electron chi connectivity index (χ4n) is 3.00. The van der Waals surface area contributed by atoms with Gasteiger partial charge in [-0.2, -0.15) is 0 Å². The van der Waals surface area contributed by atoms with E-state index in [0.717, 1.165) is 13.1 Å². The molecule has 0 bridgehead atoms. The zero-order valence-electron chi connectivity index (χ0n) is 15.3. The summed E-state index contributed by atoms with van der Waals surface area (Å²) >= 11 is 0. The maximum Gasteiger partial charge on any atom is 0.341 e. The van der Waals surface area contributed by atoms with E-state index in [9.17, 15) is 4.79 Å². The molecule has 2 atom stereocenters. The Hall–Kier alpha value is -1.66. The van der Waals surface area contributed by atoms with E-state index in [1.807, 2.05) is 0 Å². The topological polar surface area (TPSA) is 63.7 Å².